The lowest BCUT2D eigenvalue weighted by Gasteiger charge is -2.22. The molecule has 2 fully saturated rings. The van der Waals surface area contributed by atoms with Crippen LogP contribution in [0.4, 0.5) is 0 Å². The topological polar surface area (TPSA) is 66.8 Å². The van der Waals surface area contributed by atoms with Gasteiger partial charge in [0.15, 0.2) is 0 Å². The van der Waals surface area contributed by atoms with Crippen molar-refractivity contribution in [2.45, 2.75) is 38.2 Å². The van der Waals surface area contributed by atoms with Crippen LogP contribution in [0.5, 0.6) is 0 Å². The summed E-state index contributed by atoms with van der Waals surface area (Å²) in [6.45, 7) is 1.14. The monoisotopic (exact) mass is 241 g/mol. The quantitative estimate of drug-likeness (QED) is 0.749. The van der Waals surface area contributed by atoms with Crippen LogP contribution in [-0.2, 0) is 14.3 Å². The largest absolute Gasteiger partial charge is 0.480 e. The summed E-state index contributed by atoms with van der Waals surface area (Å²) >= 11 is 0. The Balaban J connectivity index is 1.83. The number of carboxylic acids is 1. The summed E-state index contributed by atoms with van der Waals surface area (Å²) in [6, 6.07) is 0. The molecule has 1 aliphatic carbocycles. The minimum Gasteiger partial charge on any atom is -0.480 e. The SMILES string of the molecule is O=C(O)CN(CC1CC1)C(=O)CC1CCCO1. The Morgan fingerprint density at radius 2 is 2.06 bits per heavy atom. The number of hydrogen-bond donors (Lipinski definition) is 1. The highest BCUT2D eigenvalue weighted by Gasteiger charge is 2.29. The van der Waals surface area contributed by atoms with E-state index in [2.05, 4.69) is 0 Å². The van der Waals surface area contributed by atoms with E-state index in [4.69, 9.17) is 9.84 Å². The van der Waals surface area contributed by atoms with Gasteiger partial charge in [0.2, 0.25) is 5.91 Å². The van der Waals surface area contributed by atoms with Gasteiger partial charge in [-0.05, 0) is 31.6 Å². The Hall–Kier alpha value is -1.10. The molecule has 0 spiro atoms. The molecule has 1 atom stereocenters. The molecule has 5 heteroatoms. The fourth-order valence-electron chi connectivity index (χ4n) is 2.16. The van der Waals surface area contributed by atoms with Crippen molar-refractivity contribution in [3.63, 3.8) is 0 Å². The highest BCUT2D eigenvalue weighted by Crippen LogP contribution is 2.30. The maximum absolute atomic E-state index is 12.0. The lowest BCUT2D eigenvalue weighted by molar-refractivity contribution is -0.145. The van der Waals surface area contributed by atoms with Gasteiger partial charge in [0.1, 0.15) is 6.54 Å². The third kappa shape index (κ3) is 4.00. The number of ether oxygens (including phenoxy) is 1. The van der Waals surface area contributed by atoms with Gasteiger partial charge in [0, 0.05) is 13.2 Å². The van der Waals surface area contributed by atoms with E-state index >= 15 is 0 Å². The van der Waals surface area contributed by atoms with Gasteiger partial charge in [-0.3, -0.25) is 9.59 Å². The molecule has 1 heterocycles. The van der Waals surface area contributed by atoms with Gasteiger partial charge >= 0.3 is 5.97 Å². The first-order chi connectivity index (χ1) is 8.15. The van der Waals surface area contributed by atoms with Gasteiger partial charge in [-0.25, -0.2) is 0 Å². The van der Waals surface area contributed by atoms with Crippen molar-refractivity contribution in [1.82, 2.24) is 4.90 Å². The summed E-state index contributed by atoms with van der Waals surface area (Å²) < 4.78 is 5.40. The van der Waals surface area contributed by atoms with E-state index in [-0.39, 0.29) is 18.6 Å². The third-order valence-corrected chi connectivity index (χ3v) is 3.28. The molecule has 0 radical (unpaired) electrons. The molecule has 96 valence electrons. The average molecular weight is 241 g/mol. The highest BCUT2D eigenvalue weighted by molar-refractivity contribution is 5.81. The number of carbonyl (C=O) groups is 2. The fourth-order valence-corrected chi connectivity index (χ4v) is 2.16. The van der Waals surface area contributed by atoms with E-state index in [9.17, 15) is 9.59 Å². The molecule has 2 rings (SSSR count). The minimum atomic E-state index is -0.939. The second kappa shape index (κ2) is 5.49. The molecule has 5 nitrogen and oxygen atoms in total. The van der Waals surface area contributed by atoms with Crippen molar-refractivity contribution < 1.29 is 19.4 Å². The van der Waals surface area contributed by atoms with Crippen molar-refractivity contribution >= 4 is 11.9 Å². The molecule has 1 amide bonds. The maximum atomic E-state index is 12.0. The Morgan fingerprint density at radius 1 is 1.29 bits per heavy atom. The number of aliphatic carboxylic acids is 1. The molecule has 17 heavy (non-hydrogen) atoms. The predicted molar refractivity (Wildman–Crippen MR) is 60.5 cm³/mol. The van der Waals surface area contributed by atoms with E-state index in [1.165, 1.54) is 4.90 Å². The highest BCUT2D eigenvalue weighted by atomic mass is 16.5. The zero-order chi connectivity index (χ0) is 12.3. The first kappa shape index (κ1) is 12.4. The molecule has 1 saturated heterocycles. The molecule has 1 aliphatic heterocycles. The fraction of sp³-hybridized carbons (Fsp3) is 0.833. The lowest BCUT2D eigenvalue weighted by atomic mass is 10.1. The number of amides is 1. The Kier molecular flexibility index (Phi) is 3.99. The Labute approximate surface area is 101 Å². The van der Waals surface area contributed by atoms with Crippen molar-refractivity contribution in [3.05, 3.63) is 0 Å². The Bertz CT molecular complexity index is 295. The molecular weight excluding hydrogens is 222 g/mol. The normalized spacial score (nSPS) is 23.6. The van der Waals surface area contributed by atoms with Crippen LogP contribution in [0.2, 0.25) is 0 Å². The van der Waals surface area contributed by atoms with Crippen LogP contribution in [0.25, 0.3) is 0 Å². The van der Waals surface area contributed by atoms with E-state index < -0.39 is 5.97 Å². The van der Waals surface area contributed by atoms with Gasteiger partial charge in [-0.15, -0.1) is 0 Å². The zero-order valence-electron chi connectivity index (χ0n) is 9.93. The van der Waals surface area contributed by atoms with Crippen molar-refractivity contribution in [2.24, 2.45) is 5.92 Å². The molecule has 0 aromatic rings. The van der Waals surface area contributed by atoms with Crippen molar-refractivity contribution in [3.8, 4) is 0 Å². The number of carbonyl (C=O) groups excluding carboxylic acids is 1. The van der Waals surface area contributed by atoms with Crippen molar-refractivity contribution in [1.29, 1.82) is 0 Å². The molecule has 1 N–H and O–H groups in total. The molecular formula is C12H19NO4. The molecule has 0 aromatic heterocycles. The summed E-state index contributed by atoms with van der Waals surface area (Å²) in [5.74, 6) is -0.500. The van der Waals surface area contributed by atoms with Crippen LogP contribution in [0.1, 0.15) is 32.1 Å². The summed E-state index contributed by atoms with van der Waals surface area (Å²) in [6.07, 6.45) is 4.47. The number of carboxylic acid groups (broad SMARTS) is 1. The standard InChI is InChI=1S/C12H19NO4/c14-11(6-10-2-1-5-17-10)13(8-12(15)16)7-9-3-4-9/h9-10H,1-8H2,(H,15,16). The van der Waals surface area contributed by atoms with Gasteiger partial charge in [0.05, 0.1) is 12.5 Å². The van der Waals surface area contributed by atoms with Gasteiger partial charge < -0.3 is 14.7 Å². The summed E-state index contributed by atoms with van der Waals surface area (Å²) in [5, 5.41) is 8.80. The van der Waals surface area contributed by atoms with E-state index in [1.54, 1.807) is 0 Å². The first-order valence-corrected chi connectivity index (χ1v) is 6.26. The molecule has 1 unspecified atom stereocenters. The molecule has 2 aliphatic rings. The second-order valence-electron chi connectivity index (χ2n) is 4.95. The summed E-state index contributed by atoms with van der Waals surface area (Å²) in [5.41, 5.74) is 0. The van der Waals surface area contributed by atoms with Crippen LogP contribution < -0.4 is 0 Å². The van der Waals surface area contributed by atoms with Gasteiger partial charge in [0.25, 0.3) is 0 Å². The lowest BCUT2D eigenvalue weighted by Crippen LogP contribution is -2.38. The van der Waals surface area contributed by atoms with Gasteiger partial charge in [-0.1, -0.05) is 0 Å². The van der Waals surface area contributed by atoms with Crippen molar-refractivity contribution in [2.75, 3.05) is 19.7 Å². The molecule has 0 aromatic carbocycles. The van der Waals surface area contributed by atoms with Crippen LogP contribution in [0, 0.1) is 5.92 Å². The van der Waals surface area contributed by atoms with Crippen LogP contribution in [0.3, 0.4) is 0 Å². The molecule has 1 saturated carbocycles. The van der Waals surface area contributed by atoms with E-state index in [0.29, 0.717) is 18.9 Å². The molecule has 0 bridgehead atoms. The third-order valence-electron chi connectivity index (χ3n) is 3.28. The number of rotatable bonds is 6. The summed E-state index contributed by atoms with van der Waals surface area (Å²) in [4.78, 5) is 24.2. The Morgan fingerprint density at radius 3 is 2.59 bits per heavy atom. The van der Waals surface area contributed by atoms with E-state index in [0.717, 1.165) is 32.3 Å². The second-order valence-corrected chi connectivity index (χ2v) is 4.95. The minimum absolute atomic E-state index is 0.00185. The van der Waals surface area contributed by atoms with Crippen LogP contribution in [-0.4, -0.2) is 47.7 Å². The first-order valence-electron chi connectivity index (χ1n) is 6.26. The smallest absolute Gasteiger partial charge is 0.323 e. The predicted octanol–water partition coefficient (Wildman–Crippen LogP) is 0.879. The van der Waals surface area contributed by atoms with Gasteiger partial charge in [-0.2, -0.15) is 0 Å². The number of nitrogens with zero attached hydrogens (tertiary/aromatic N) is 1. The van der Waals surface area contributed by atoms with E-state index in [1.807, 2.05) is 0 Å². The average Bonchev–Trinajstić information content (AvgIpc) is 2.92. The number of hydrogen-bond acceptors (Lipinski definition) is 3. The zero-order valence-corrected chi connectivity index (χ0v) is 9.93. The van der Waals surface area contributed by atoms with Crippen LogP contribution >= 0.6 is 0 Å². The van der Waals surface area contributed by atoms with Crippen LogP contribution in [0.15, 0.2) is 0 Å². The summed E-state index contributed by atoms with van der Waals surface area (Å²) in [7, 11) is 0. The maximum Gasteiger partial charge on any atom is 0.323 e.